The average molecular weight is 286 g/mol. The van der Waals surface area contributed by atoms with E-state index in [2.05, 4.69) is 0 Å². The first-order valence-electron chi connectivity index (χ1n) is 6.69. The Kier molecular flexibility index (Phi) is 5.21. The zero-order valence-corrected chi connectivity index (χ0v) is 12.2. The van der Waals surface area contributed by atoms with Crippen molar-refractivity contribution in [1.29, 1.82) is 0 Å². The third-order valence-corrected chi connectivity index (χ3v) is 3.02. The second-order valence-corrected chi connectivity index (χ2v) is 4.51. The van der Waals surface area contributed by atoms with Crippen LogP contribution in [0.3, 0.4) is 0 Å². The van der Waals surface area contributed by atoms with Crippen LogP contribution < -0.4 is 14.2 Å². The third-order valence-electron chi connectivity index (χ3n) is 3.02. The van der Waals surface area contributed by atoms with E-state index in [1.165, 1.54) is 0 Å². The summed E-state index contributed by atoms with van der Waals surface area (Å²) in [6, 6.07) is 14.9. The standard InChI is InChI=1S/C17H18O4/c1-19-14-10-15(20-2)12-16(11-14)21-17(18)9-8-13-6-4-3-5-7-13/h3-7,10-12H,8-9H2,1-2H3. The Labute approximate surface area is 124 Å². The van der Waals surface area contributed by atoms with Gasteiger partial charge in [-0.25, -0.2) is 0 Å². The van der Waals surface area contributed by atoms with Crippen LogP contribution >= 0.6 is 0 Å². The highest BCUT2D eigenvalue weighted by molar-refractivity contribution is 5.73. The number of methoxy groups -OCH3 is 2. The highest BCUT2D eigenvalue weighted by atomic mass is 16.5. The number of aryl methyl sites for hydroxylation is 1. The van der Waals surface area contributed by atoms with Crippen molar-refractivity contribution in [1.82, 2.24) is 0 Å². The molecule has 0 amide bonds. The Bertz CT molecular complexity index is 571. The zero-order valence-electron chi connectivity index (χ0n) is 12.2. The van der Waals surface area contributed by atoms with Crippen LogP contribution in [0.25, 0.3) is 0 Å². The van der Waals surface area contributed by atoms with Gasteiger partial charge in [0.25, 0.3) is 0 Å². The fourth-order valence-electron chi connectivity index (χ4n) is 1.91. The molecule has 0 unspecified atom stereocenters. The predicted octanol–water partition coefficient (Wildman–Crippen LogP) is 3.24. The highest BCUT2D eigenvalue weighted by Crippen LogP contribution is 2.27. The van der Waals surface area contributed by atoms with Crippen molar-refractivity contribution in [3.05, 3.63) is 54.1 Å². The molecule has 110 valence electrons. The smallest absolute Gasteiger partial charge is 0.311 e. The Morgan fingerprint density at radius 1 is 0.905 bits per heavy atom. The van der Waals surface area contributed by atoms with Crippen molar-refractivity contribution in [2.75, 3.05) is 14.2 Å². The van der Waals surface area contributed by atoms with Crippen LogP contribution in [0.4, 0.5) is 0 Å². The molecule has 2 aromatic rings. The molecular formula is C17H18O4. The fourth-order valence-corrected chi connectivity index (χ4v) is 1.91. The van der Waals surface area contributed by atoms with Gasteiger partial charge in [-0.15, -0.1) is 0 Å². The van der Waals surface area contributed by atoms with Gasteiger partial charge in [0.2, 0.25) is 0 Å². The molecule has 0 aliphatic heterocycles. The minimum absolute atomic E-state index is 0.283. The van der Waals surface area contributed by atoms with E-state index in [1.54, 1.807) is 32.4 Å². The molecule has 0 bridgehead atoms. The summed E-state index contributed by atoms with van der Waals surface area (Å²) < 4.78 is 15.6. The quantitative estimate of drug-likeness (QED) is 0.604. The lowest BCUT2D eigenvalue weighted by atomic mass is 10.1. The van der Waals surface area contributed by atoms with Crippen LogP contribution in [-0.2, 0) is 11.2 Å². The van der Waals surface area contributed by atoms with E-state index in [1.807, 2.05) is 30.3 Å². The van der Waals surface area contributed by atoms with Crippen LogP contribution in [0.1, 0.15) is 12.0 Å². The van der Waals surface area contributed by atoms with E-state index >= 15 is 0 Å². The molecule has 0 saturated heterocycles. The summed E-state index contributed by atoms with van der Waals surface area (Å²) in [6.07, 6.45) is 0.977. The fraction of sp³-hybridized carbons (Fsp3) is 0.235. The summed E-state index contributed by atoms with van der Waals surface area (Å²) in [4.78, 5) is 11.9. The molecule has 0 fully saturated rings. The number of rotatable bonds is 6. The number of carbonyl (C=O) groups is 1. The van der Waals surface area contributed by atoms with Crippen molar-refractivity contribution in [3.8, 4) is 17.2 Å². The highest BCUT2D eigenvalue weighted by Gasteiger charge is 2.08. The van der Waals surface area contributed by atoms with Gasteiger partial charge in [-0.05, 0) is 12.0 Å². The van der Waals surface area contributed by atoms with Gasteiger partial charge in [-0.1, -0.05) is 30.3 Å². The molecule has 21 heavy (non-hydrogen) atoms. The van der Waals surface area contributed by atoms with Gasteiger partial charge in [0.15, 0.2) is 0 Å². The van der Waals surface area contributed by atoms with Crippen molar-refractivity contribution in [2.45, 2.75) is 12.8 Å². The van der Waals surface area contributed by atoms with Gasteiger partial charge in [0.1, 0.15) is 17.2 Å². The second-order valence-electron chi connectivity index (χ2n) is 4.51. The van der Waals surface area contributed by atoms with Gasteiger partial charge in [-0.2, -0.15) is 0 Å². The number of hydrogen-bond acceptors (Lipinski definition) is 4. The number of carbonyl (C=O) groups excluding carboxylic acids is 1. The molecule has 0 saturated carbocycles. The normalized spacial score (nSPS) is 10.0. The zero-order chi connectivity index (χ0) is 15.1. The summed E-state index contributed by atoms with van der Waals surface area (Å²) in [6.45, 7) is 0. The summed E-state index contributed by atoms with van der Waals surface area (Å²) in [7, 11) is 3.10. The number of benzene rings is 2. The Morgan fingerprint density at radius 2 is 1.48 bits per heavy atom. The summed E-state index contributed by atoms with van der Waals surface area (Å²) >= 11 is 0. The molecule has 4 heteroatoms. The Morgan fingerprint density at radius 3 is 2.05 bits per heavy atom. The maximum atomic E-state index is 11.9. The molecule has 0 spiro atoms. The maximum Gasteiger partial charge on any atom is 0.311 e. The van der Waals surface area contributed by atoms with E-state index in [0.717, 1.165) is 5.56 Å². The van der Waals surface area contributed by atoms with Gasteiger partial charge < -0.3 is 14.2 Å². The lowest BCUT2D eigenvalue weighted by Gasteiger charge is -2.09. The molecule has 0 aliphatic carbocycles. The van der Waals surface area contributed by atoms with Gasteiger partial charge >= 0.3 is 5.97 Å². The maximum absolute atomic E-state index is 11.9. The van der Waals surface area contributed by atoms with E-state index in [-0.39, 0.29) is 5.97 Å². The first-order chi connectivity index (χ1) is 10.2. The number of hydrogen-bond donors (Lipinski definition) is 0. The van der Waals surface area contributed by atoms with Gasteiger partial charge in [0.05, 0.1) is 14.2 Å². The molecule has 0 aliphatic rings. The molecule has 2 rings (SSSR count). The summed E-state index contributed by atoms with van der Waals surface area (Å²) in [5, 5.41) is 0. The summed E-state index contributed by atoms with van der Waals surface area (Å²) in [5.41, 5.74) is 1.11. The molecule has 4 nitrogen and oxygen atoms in total. The SMILES string of the molecule is COc1cc(OC)cc(OC(=O)CCc2ccccc2)c1. The Balaban J connectivity index is 1.96. The average Bonchev–Trinajstić information content (AvgIpc) is 2.53. The molecule has 0 atom stereocenters. The van der Waals surface area contributed by atoms with E-state index in [0.29, 0.717) is 30.1 Å². The number of esters is 1. The van der Waals surface area contributed by atoms with E-state index in [9.17, 15) is 4.79 Å². The minimum Gasteiger partial charge on any atom is -0.496 e. The molecule has 0 radical (unpaired) electrons. The van der Waals surface area contributed by atoms with Gasteiger partial charge in [0, 0.05) is 24.6 Å². The molecule has 0 N–H and O–H groups in total. The second kappa shape index (κ2) is 7.33. The number of ether oxygens (including phenoxy) is 3. The largest absolute Gasteiger partial charge is 0.496 e. The summed E-state index contributed by atoms with van der Waals surface area (Å²) in [5.74, 6) is 1.30. The lowest BCUT2D eigenvalue weighted by molar-refractivity contribution is -0.134. The van der Waals surface area contributed by atoms with Crippen molar-refractivity contribution < 1.29 is 19.0 Å². The predicted molar refractivity (Wildman–Crippen MR) is 79.9 cm³/mol. The van der Waals surface area contributed by atoms with E-state index in [4.69, 9.17) is 14.2 Å². The lowest BCUT2D eigenvalue weighted by Crippen LogP contribution is -2.09. The topological polar surface area (TPSA) is 44.8 Å². The monoisotopic (exact) mass is 286 g/mol. The molecule has 0 heterocycles. The minimum atomic E-state index is -0.283. The van der Waals surface area contributed by atoms with Crippen molar-refractivity contribution >= 4 is 5.97 Å². The Hall–Kier alpha value is -2.49. The first kappa shape index (κ1) is 14.9. The van der Waals surface area contributed by atoms with Crippen LogP contribution in [0.15, 0.2) is 48.5 Å². The third kappa shape index (κ3) is 4.53. The molecule has 0 aromatic heterocycles. The van der Waals surface area contributed by atoms with Crippen LogP contribution in [0.5, 0.6) is 17.2 Å². The first-order valence-corrected chi connectivity index (χ1v) is 6.69. The molecule has 2 aromatic carbocycles. The van der Waals surface area contributed by atoms with Crippen molar-refractivity contribution in [3.63, 3.8) is 0 Å². The van der Waals surface area contributed by atoms with Crippen LogP contribution in [0, 0.1) is 0 Å². The van der Waals surface area contributed by atoms with Crippen molar-refractivity contribution in [2.24, 2.45) is 0 Å². The molecular weight excluding hydrogens is 268 g/mol. The van der Waals surface area contributed by atoms with Crippen LogP contribution in [-0.4, -0.2) is 20.2 Å². The van der Waals surface area contributed by atoms with Gasteiger partial charge in [-0.3, -0.25) is 4.79 Å². The van der Waals surface area contributed by atoms with Crippen LogP contribution in [0.2, 0.25) is 0 Å². The van der Waals surface area contributed by atoms with E-state index < -0.39 is 0 Å².